The van der Waals surface area contributed by atoms with Gasteiger partial charge < -0.3 is 20.6 Å². The number of likely N-dealkylation sites (N-methyl/N-ethyl adjacent to an activating group) is 1. The molecular weight excluding hydrogens is 277 g/mol. The summed E-state index contributed by atoms with van der Waals surface area (Å²) < 4.78 is 1.74. The van der Waals surface area contributed by atoms with Crippen LogP contribution in [0.5, 0.6) is 0 Å². The van der Waals surface area contributed by atoms with Gasteiger partial charge in [0.05, 0.1) is 24.1 Å². The van der Waals surface area contributed by atoms with E-state index in [0.29, 0.717) is 6.42 Å². The van der Waals surface area contributed by atoms with Gasteiger partial charge >= 0.3 is 0 Å². The molecule has 0 radical (unpaired) electrons. The quantitative estimate of drug-likeness (QED) is 0.556. The topological polar surface area (TPSA) is 107 Å². The summed E-state index contributed by atoms with van der Waals surface area (Å²) in [5, 5.41) is 0. The lowest BCUT2D eigenvalue weighted by Crippen LogP contribution is -2.37. The maximum absolute atomic E-state index is 10.6. The third kappa shape index (κ3) is 5.36. The molecule has 0 saturated carbocycles. The highest BCUT2D eigenvalue weighted by Crippen LogP contribution is 2.13. The lowest BCUT2D eigenvalue weighted by molar-refractivity contribution is -0.121. The van der Waals surface area contributed by atoms with Gasteiger partial charge in [0, 0.05) is 12.6 Å². The van der Waals surface area contributed by atoms with Crippen LogP contribution in [0.2, 0.25) is 0 Å². The number of imidazole rings is 1. The van der Waals surface area contributed by atoms with E-state index in [4.69, 9.17) is 11.5 Å². The molecule has 20 heavy (non-hydrogen) atoms. The van der Waals surface area contributed by atoms with Crippen molar-refractivity contribution in [3.63, 3.8) is 0 Å². The molecule has 1 aromatic heterocycles. The lowest BCUT2D eigenvalue weighted by atomic mass is 10.2. The summed E-state index contributed by atoms with van der Waals surface area (Å²) in [7, 11) is 4.38. The van der Waals surface area contributed by atoms with Gasteiger partial charge in [-0.15, -0.1) is 0 Å². The van der Waals surface area contributed by atoms with Crippen molar-refractivity contribution in [2.75, 3.05) is 13.6 Å². The molecule has 1 aliphatic rings. The van der Waals surface area contributed by atoms with Crippen molar-refractivity contribution in [3.05, 3.63) is 18.2 Å². The van der Waals surface area contributed by atoms with Gasteiger partial charge in [-0.1, -0.05) is 0 Å². The summed E-state index contributed by atoms with van der Waals surface area (Å²) in [4.78, 5) is 26.8. The standard InChI is InChI=1S/C6H10N3OP.C6H12N2O/c7-5(3-10)1-6-2-9(11)4-8-6;1-8-4-2-3-5(8)6(7)9/h2-5H,1,7,11H2;5H,2-4H2,1H3,(H2,7,9). The zero-order valence-electron chi connectivity index (χ0n) is 11.6. The number of aromatic nitrogens is 2. The highest BCUT2D eigenvalue weighted by Gasteiger charge is 2.24. The Balaban J connectivity index is 0.000000204. The molecule has 1 amide bonds. The second kappa shape index (κ2) is 8.09. The largest absolute Gasteiger partial charge is 0.368 e. The van der Waals surface area contributed by atoms with Crippen LogP contribution >= 0.6 is 9.39 Å². The number of likely N-dealkylation sites (tertiary alicyclic amines) is 1. The van der Waals surface area contributed by atoms with E-state index in [-0.39, 0.29) is 11.9 Å². The number of aldehydes is 1. The maximum Gasteiger partial charge on any atom is 0.234 e. The van der Waals surface area contributed by atoms with Gasteiger partial charge in [-0.25, -0.2) is 4.98 Å². The summed E-state index contributed by atoms with van der Waals surface area (Å²) in [6.45, 7) is 1.01. The molecule has 1 saturated heterocycles. The first-order valence-electron chi connectivity index (χ1n) is 6.42. The summed E-state index contributed by atoms with van der Waals surface area (Å²) in [5.74, 6) is -0.185. The molecule has 3 atom stereocenters. The summed E-state index contributed by atoms with van der Waals surface area (Å²) in [5.41, 5.74) is 11.3. The molecule has 0 spiro atoms. The smallest absolute Gasteiger partial charge is 0.234 e. The summed E-state index contributed by atoms with van der Waals surface area (Å²) in [6.07, 6.45) is 6.73. The zero-order chi connectivity index (χ0) is 15.1. The Bertz CT molecular complexity index is 451. The van der Waals surface area contributed by atoms with Gasteiger partial charge in [-0.3, -0.25) is 9.69 Å². The highest BCUT2D eigenvalue weighted by atomic mass is 31.0. The Kier molecular flexibility index (Phi) is 6.78. The van der Waals surface area contributed by atoms with E-state index in [1.807, 2.05) is 18.1 Å². The summed E-state index contributed by atoms with van der Waals surface area (Å²) in [6, 6.07) is -0.431. The molecule has 4 N–H and O–H groups in total. The normalized spacial score (nSPS) is 20.1. The third-order valence-electron chi connectivity index (χ3n) is 3.12. The Morgan fingerprint density at radius 3 is 2.75 bits per heavy atom. The van der Waals surface area contributed by atoms with Crippen LogP contribution in [-0.4, -0.2) is 52.1 Å². The highest BCUT2D eigenvalue weighted by molar-refractivity contribution is 7.14. The fourth-order valence-electron chi connectivity index (χ4n) is 2.04. The van der Waals surface area contributed by atoms with E-state index in [1.165, 1.54) is 0 Å². The monoisotopic (exact) mass is 299 g/mol. The number of rotatable bonds is 4. The average molecular weight is 299 g/mol. The van der Waals surface area contributed by atoms with Crippen molar-refractivity contribution >= 4 is 21.6 Å². The Morgan fingerprint density at radius 2 is 2.40 bits per heavy atom. The number of carbonyl (C=O) groups excluding carboxylic acids is 2. The lowest BCUT2D eigenvalue weighted by Gasteiger charge is -2.14. The minimum absolute atomic E-state index is 0.00463. The van der Waals surface area contributed by atoms with Gasteiger partial charge in [-0.05, 0) is 35.8 Å². The van der Waals surface area contributed by atoms with E-state index in [9.17, 15) is 9.59 Å². The third-order valence-corrected chi connectivity index (χ3v) is 3.41. The maximum atomic E-state index is 10.6. The predicted octanol–water partition coefficient (Wildman–Crippen LogP) is -0.844. The van der Waals surface area contributed by atoms with Crippen molar-refractivity contribution in [2.24, 2.45) is 11.5 Å². The molecule has 0 bridgehead atoms. The number of carbonyl (C=O) groups is 2. The van der Waals surface area contributed by atoms with E-state index in [0.717, 1.165) is 31.4 Å². The molecule has 2 rings (SSSR count). The van der Waals surface area contributed by atoms with Crippen LogP contribution < -0.4 is 11.5 Å². The molecule has 0 aliphatic carbocycles. The van der Waals surface area contributed by atoms with Gasteiger partial charge in [0.2, 0.25) is 5.91 Å². The molecule has 1 aromatic rings. The molecule has 1 aliphatic heterocycles. The van der Waals surface area contributed by atoms with Crippen LogP contribution in [0.1, 0.15) is 18.5 Å². The second-order valence-corrected chi connectivity index (χ2v) is 5.45. The molecule has 2 heterocycles. The molecule has 0 aromatic carbocycles. The van der Waals surface area contributed by atoms with Crippen molar-refractivity contribution in [1.82, 2.24) is 14.2 Å². The van der Waals surface area contributed by atoms with Gasteiger partial charge in [0.15, 0.2) is 0 Å². The number of amides is 1. The molecule has 112 valence electrons. The van der Waals surface area contributed by atoms with Crippen LogP contribution in [0.3, 0.4) is 0 Å². The van der Waals surface area contributed by atoms with Gasteiger partial charge in [0.1, 0.15) is 6.29 Å². The van der Waals surface area contributed by atoms with Crippen LogP contribution in [0.25, 0.3) is 0 Å². The minimum atomic E-state index is -0.435. The second-order valence-electron chi connectivity index (χ2n) is 4.86. The summed E-state index contributed by atoms with van der Waals surface area (Å²) >= 11 is 0. The molecule has 1 fully saturated rings. The fourth-order valence-corrected chi connectivity index (χ4v) is 2.28. The first kappa shape index (κ1) is 16.8. The van der Waals surface area contributed by atoms with Gasteiger partial charge in [0.25, 0.3) is 0 Å². The van der Waals surface area contributed by atoms with Crippen molar-refractivity contribution in [2.45, 2.75) is 31.3 Å². The van der Waals surface area contributed by atoms with Crippen molar-refractivity contribution in [1.29, 1.82) is 0 Å². The van der Waals surface area contributed by atoms with Gasteiger partial charge in [-0.2, -0.15) is 0 Å². The molecule has 3 unspecified atom stereocenters. The van der Waals surface area contributed by atoms with Crippen LogP contribution in [0, 0.1) is 0 Å². The SMILES string of the molecule is CN1CCCC1C(N)=O.NC(C=O)Cc1cn(P)cn1. The Morgan fingerprint density at radius 1 is 1.70 bits per heavy atom. The first-order valence-corrected chi connectivity index (χ1v) is 6.94. The number of hydrogen-bond acceptors (Lipinski definition) is 5. The molecule has 8 heteroatoms. The minimum Gasteiger partial charge on any atom is -0.368 e. The van der Waals surface area contributed by atoms with Crippen molar-refractivity contribution in [3.8, 4) is 0 Å². The number of nitrogens with zero attached hydrogens (tertiary/aromatic N) is 3. The predicted molar refractivity (Wildman–Crippen MR) is 79.9 cm³/mol. The first-order chi connectivity index (χ1) is 9.43. The average Bonchev–Trinajstić information content (AvgIpc) is 2.99. The molecular formula is C12H22N5O2P. The zero-order valence-corrected chi connectivity index (χ0v) is 12.8. The Labute approximate surface area is 121 Å². The van der Waals surface area contributed by atoms with E-state index in [1.54, 1.807) is 10.7 Å². The van der Waals surface area contributed by atoms with Crippen LogP contribution in [0.4, 0.5) is 0 Å². The van der Waals surface area contributed by atoms with Crippen molar-refractivity contribution < 1.29 is 9.59 Å². The van der Waals surface area contributed by atoms with E-state index < -0.39 is 6.04 Å². The number of primary amides is 1. The fraction of sp³-hybridized carbons (Fsp3) is 0.583. The van der Waals surface area contributed by atoms with E-state index >= 15 is 0 Å². The van der Waals surface area contributed by atoms with E-state index in [2.05, 4.69) is 14.4 Å². The number of hydrogen-bond donors (Lipinski definition) is 2. The number of nitrogens with two attached hydrogens (primary N) is 2. The Hall–Kier alpha value is -1.30. The molecule has 7 nitrogen and oxygen atoms in total. The van der Waals surface area contributed by atoms with Crippen LogP contribution in [-0.2, 0) is 16.0 Å². The van der Waals surface area contributed by atoms with Crippen LogP contribution in [0.15, 0.2) is 12.5 Å².